The van der Waals surface area contributed by atoms with Crippen LogP contribution in [0.1, 0.15) is 37.0 Å². The lowest BCUT2D eigenvalue weighted by atomic mass is 10.0. The van der Waals surface area contributed by atoms with Crippen LogP contribution in [-0.4, -0.2) is 36.2 Å². The van der Waals surface area contributed by atoms with Crippen LogP contribution < -0.4 is 10.2 Å². The summed E-state index contributed by atoms with van der Waals surface area (Å²) in [4.78, 5) is 13.3. The number of nitrogens with zero attached hydrogens (tertiary/aromatic N) is 1. The minimum atomic E-state index is -0.310. The molecule has 130 valence electrons. The maximum atomic E-state index is 11.0. The number of methoxy groups -OCH3 is 1. The molecular formula is C18H24N2O4. The van der Waals surface area contributed by atoms with Crippen LogP contribution in [0.5, 0.6) is 5.75 Å². The third-order valence-corrected chi connectivity index (χ3v) is 4.63. The highest BCUT2D eigenvalue weighted by atomic mass is 16.5. The average Bonchev–Trinajstić information content (AvgIpc) is 2.97. The Hall–Kier alpha value is -2.05. The Morgan fingerprint density at radius 3 is 3.04 bits per heavy atom. The van der Waals surface area contributed by atoms with E-state index in [1.165, 1.54) is 10.9 Å². The van der Waals surface area contributed by atoms with Gasteiger partial charge in [0, 0.05) is 30.0 Å². The molecule has 2 heterocycles. The zero-order valence-corrected chi connectivity index (χ0v) is 14.0. The summed E-state index contributed by atoms with van der Waals surface area (Å²) in [5.74, 6) is 1.57. The molecule has 1 aromatic carbocycles. The number of carbonyl (C=O) groups excluding carboxylic acids is 1. The second-order valence-electron chi connectivity index (χ2n) is 6.24. The molecule has 0 fully saturated rings. The fraction of sp³-hybridized carbons (Fsp3) is 0.500. The molecule has 1 amide bonds. The van der Waals surface area contributed by atoms with E-state index in [0.717, 1.165) is 62.4 Å². The van der Waals surface area contributed by atoms with Crippen molar-refractivity contribution in [3.05, 3.63) is 29.5 Å². The van der Waals surface area contributed by atoms with Crippen molar-refractivity contribution in [2.45, 2.75) is 38.6 Å². The fourth-order valence-corrected chi connectivity index (χ4v) is 3.31. The summed E-state index contributed by atoms with van der Waals surface area (Å²) in [6.45, 7) is 2.87. The number of unbranched alkanes of at least 4 members (excludes halogenated alkanes) is 2. The van der Waals surface area contributed by atoms with E-state index in [1.54, 1.807) is 12.6 Å². The molecule has 1 aliphatic rings. The minimum absolute atomic E-state index is 0.310. The molecule has 0 aliphatic carbocycles. The van der Waals surface area contributed by atoms with Crippen LogP contribution in [0.3, 0.4) is 0 Å². The number of amides is 1. The van der Waals surface area contributed by atoms with Crippen LogP contribution in [0.2, 0.25) is 0 Å². The van der Waals surface area contributed by atoms with E-state index in [1.807, 2.05) is 12.1 Å². The number of ether oxygens (including phenoxy) is 1. The van der Waals surface area contributed by atoms with Gasteiger partial charge in [-0.15, -0.1) is 0 Å². The standard InChI is InChI=1S/C18H24N2O4/c1-23-13-6-7-14-15-8-10-20(12-17(15)24-16(14)11-13)9-4-2-3-5-18(21)19-22/h6-7,11,22H,2-5,8-10,12H2,1H3,(H,19,21). The van der Waals surface area contributed by atoms with Crippen molar-refractivity contribution >= 4 is 16.9 Å². The van der Waals surface area contributed by atoms with Crippen LogP contribution in [-0.2, 0) is 17.8 Å². The highest BCUT2D eigenvalue weighted by Crippen LogP contribution is 2.32. The van der Waals surface area contributed by atoms with Gasteiger partial charge in [0.15, 0.2) is 0 Å². The molecule has 0 atom stereocenters. The first kappa shape index (κ1) is 16.8. The minimum Gasteiger partial charge on any atom is -0.497 e. The molecule has 0 spiro atoms. The van der Waals surface area contributed by atoms with Crippen molar-refractivity contribution in [3.8, 4) is 5.75 Å². The lowest BCUT2D eigenvalue weighted by Gasteiger charge is -2.25. The highest BCUT2D eigenvalue weighted by Gasteiger charge is 2.22. The number of benzene rings is 1. The first-order valence-corrected chi connectivity index (χ1v) is 8.45. The quantitative estimate of drug-likeness (QED) is 0.463. The van der Waals surface area contributed by atoms with Crippen LogP contribution in [0.4, 0.5) is 0 Å². The van der Waals surface area contributed by atoms with Gasteiger partial charge in [-0.2, -0.15) is 0 Å². The normalized spacial score (nSPS) is 14.6. The van der Waals surface area contributed by atoms with E-state index in [-0.39, 0.29) is 5.91 Å². The van der Waals surface area contributed by atoms with Gasteiger partial charge in [-0.25, -0.2) is 5.48 Å². The average molecular weight is 332 g/mol. The Morgan fingerprint density at radius 2 is 2.25 bits per heavy atom. The van der Waals surface area contributed by atoms with Crippen LogP contribution >= 0.6 is 0 Å². The zero-order valence-electron chi connectivity index (χ0n) is 14.0. The van der Waals surface area contributed by atoms with Gasteiger partial charge in [0.1, 0.15) is 17.1 Å². The van der Waals surface area contributed by atoms with E-state index in [2.05, 4.69) is 11.0 Å². The Kier molecular flexibility index (Phi) is 5.37. The molecule has 24 heavy (non-hydrogen) atoms. The molecule has 1 aliphatic heterocycles. The molecule has 2 N–H and O–H groups in total. The second-order valence-corrected chi connectivity index (χ2v) is 6.24. The number of hydrogen-bond donors (Lipinski definition) is 2. The fourth-order valence-electron chi connectivity index (χ4n) is 3.31. The molecule has 1 aromatic heterocycles. The van der Waals surface area contributed by atoms with Crippen molar-refractivity contribution in [2.24, 2.45) is 0 Å². The van der Waals surface area contributed by atoms with Gasteiger partial charge in [0.2, 0.25) is 5.91 Å². The van der Waals surface area contributed by atoms with Gasteiger partial charge in [-0.05, 0) is 37.9 Å². The van der Waals surface area contributed by atoms with Gasteiger partial charge in [0.25, 0.3) is 0 Å². The number of nitrogens with one attached hydrogen (secondary N) is 1. The first-order chi connectivity index (χ1) is 11.7. The smallest absolute Gasteiger partial charge is 0.243 e. The van der Waals surface area contributed by atoms with Gasteiger partial charge < -0.3 is 9.15 Å². The highest BCUT2D eigenvalue weighted by molar-refractivity contribution is 5.83. The van der Waals surface area contributed by atoms with Crippen LogP contribution in [0, 0.1) is 0 Å². The molecule has 0 radical (unpaired) electrons. The van der Waals surface area contributed by atoms with Gasteiger partial charge >= 0.3 is 0 Å². The number of carbonyl (C=O) groups is 1. The number of rotatable bonds is 7. The van der Waals surface area contributed by atoms with Gasteiger partial charge in [0.05, 0.1) is 13.7 Å². The van der Waals surface area contributed by atoms with E-state index >= 15 is 0 Å². The Bertz CT molecular complexity index is 710. The molecule has 0 bridgehead atoms. The van der Waals surface area contributed by atoms with E-state index < -0.39 is 0 Å². The van der Waals surface area contributed by atoms with Crippen molar-refractivity contribution < 1.29 is 19.2 Å². The summed E-state index contributed by atoms with van der Waals surface area (Å²) in [6.07, 6.45) is 4.21. The summed E-state index contributed by atoms with van der Waals surface area (Å²) in [7, 11) is 1.66. The Labute approximate surface area is 141 Å². The molecule has 2 aromatic rings. The van der Waals surface area contributed by atoms with Gasteiger partial charge in [-0.1, -0.05) is 6.42 Å². The van der Waals surface area contributed by atoms with Crippen molar-refractivity contribution in [2.75, 3.05) is 20.2 Å². The maximum absolute atomic E-state index is 11.0. The van der Waals surface area contributed by atoms with E-state index in [9.17, 15) is 4.79 Å². The predicted molar refractivity (Wildman–Crippen MR) is 90.1 cm³/mol. The van der Waals surface area contributed by atoms with Crippen molar-refractivity contribution in [3.63, 3.8) is 0 Å². The van der Waals surface area contributed by atoms with E-state index in [0.29, 0.717) is 6.42 Å². The number of furan rings is 1. The van der Waals surface area contributed by atoms with Crippen LogP contribution in [0.25, 0.3) is 11.0 Å². The molecular weight excluding hydrogens is 308 g/mol. The maximum Gasteiger partial charge on any atom is 0.243 e. The van der Waals surface area contributed by atoms with Gasteiger partial charge in [-0.3, -0.25) is 14.9 Å². The van der Waals surface area contributed by atoms with Crippen molar-refractivity contribution in [1.29, 1.82) is 0 Å². The summed E-state index contributed by atoms with van der Waals surface area (Å²) >= 11 is 0. The lowest BCUT2D eigenvalue weighted by molar-refractivity contribution is -0.129. The number of hydrogen-bond acceptors (Lipinski definition) is 5. The molecule has 3 rings (SSSR count). The topological polar surface area (TPSA) is 74.9 Å². The second kappa shape index (κ2) is 7.68. The largest absolute Gasteiger partial charge is 0.497 e. The monoisotopic (exact) mass is 332 g/mol. The van der Waals surface area contributed by atoms with E-state index in [4.69, 9.17) is 14.4 Å². The molecule has 6 heteroatoms. The van der Waals surface area contributed by atoms with Crippen LogP contribution in [0.15, 0.2) is 22.6 Å². The summed E-state index contributed by atoms with van der Waals surface area (Å²) in [5.41, 5.74) is 3.89. The predicted octanol–water partition coefficient (Wildman–Crippen LogP) is 2.87. The molecule has 0 saturated carbocycles. The van der Waals surface area contributed by atoms with Crippen molar-refractivity contribution in [1.82, 2.24) is 10.4 Å². The Balaban J connectivity index is 1.54. The third kappa shape index (κ3) is 3.71. The first-order valence-electron chi connectivity index (χ1n) is 8.45. The zero-order chi connectivity index (χ0) is 16.9. The molecule has 0 saturated heterocycles. The third-order valence-electron chi connectivity index (χ3n) is 4.63. The summed E-state index contributed by atoms with van der Waals surface area (Å²) < 4.78 is 11.3. The Morgan fingerprint density at radius 1 is 1.38 bits per heavy atom. The number of hydroxylamine groups is 1. The molecule has 6 nitrogen and oxygen atoms in total. The number of fused-ring (bicyclic) bond motifs is 3. The lowest BCUT2D eigenvalue weighted by Crippen LogP contribution is -2.30. The summed E-state index contributed by atoms with van der Waals surface area (Å²) in [6, 6.07) is 6.01. The SMILES string of the molecule is COc1ccc2c3c(oc2c1)CN(CCCCCC(=O)NO)CC3. The molecule has 0 unspecified atom stereocenters. The summed E-state index contributed by atoms with van der Waals surface area (Å²) in [5, 5.41) is 9.65.